The molecule has 1 unspecified atom stereocenters. The molecule has 7 nitrogen and oxygen atoms in total. The summed E-state index contributed by atoms with van der Waals surface area (Å²) in [5.41, 5.74) is 0.371. The first-order chi connectivity index (χ1) is 12.2. The van der Waals surface area contributed by atoms with Crippen LogP contribution in [0.4, 0.5) is 23.7 Å². The number of carbonyl (C=O) groups is 3. The van der Waals surface area contributed by atoms with E-state index in [4.69, 9.17) is 5.11 Å². The van der Waals surface area contributed by atoms with Crippen LogP contribution in [0, 0.1) is 5.92 Å². The van der Waals surface area contributed by atoms with Crippen molar-refractivity contribution in [1.82, 2.24) is 10.2 Å². The number of carboxylic acid groups (broad SMARTS) is 1. The molecule has 0 aromatic heterocycles. The third kappa shape index (κ3) is 5.64. The van der Waals surface area contributed by atoms with Gasteiger partial charge in [0, 0.05) is 24.3 Å². The van der Waals surface area contributed by atoms with E-state index >= 15 is 0 Å². The normalized spacial score (nSPS) is 17.5. The molecule has 0 radical (unpaired) electrons. The van der Waals surface area contributed by atoms with Crippen molar-refractivity contribution in [3.63, 3.8) is 0 Å². The summed E-state index contributed by atoms with van der Waals surface area (Å²) in [6.45, 7) is -0.878. The highest BCUT2D eigenvalue weighted by Gasteiger charge is 2.29. The number of likely N-dealkylation sites (tertiary alicyclic amines) is 1. The van der Waals surface area contributed by atoms with E-state index in [2.05, 4.69) is 5.32 Å². The molecule has 0 saturated carbocycles. The minimum absolute atomic E-state index is 0.0242. The predicted molar refractivity (Wildman–Crippen MR) is 85.8 cm³/mol. The lowest BCUT2D eigenvalue weighted by molar-refractivity contribution is -0.143. The molecule has 0 bridgehead atoms. The fraction of sp³-hybridized carbons (Fsp3) is 0.438. The molecule has 142 valence electrons. The van der Waals surface area contributed by atoms with Gasteiger partial charge in [-0.3, -0.25) is 9.59 Å². The second-order valence-corrected chi connectivity index (χ2v) is 5.93. The number of anilines is 1. The van der Waals surface area contributed by atoms with Crippen molar-refractivity contribution in [2.75, 3.05) is 25.0 Å². The molecule has 26 heavy (non-hydrogen) atoms. The molecular weight excluding hydrogens is 355 g/mol. The maximum absolute atomic E-state index is 12.2. The molecule has 0 aliphatic carbocycles. The van der Waals surface area contributed by atoms with Gasteiger partial charge < -0.3 is 20.6 Å². The number of carbonyl (C=O) groups excluding carboxylic acids is 2. The van der Waals surface area contributed by atoms with Gasteiger partial charge in [0.15, 0.2) is 0 Å². The van der Waals surface area contributed by atoms with E-state index in [0.717, 1.165) is 0 Å². The number of piperidine rings is 1. The molecule has 1 aromatic carbocycles. The number of carboxylic acids is 1. The lowest BCUT2D eigenvalue weighted by Crippen LogP contribution is -2.44. The Morgan fingerprint density at radius 3 is 2.42 bits per heavy atom. The molecule has 3 N–H and O–H groups in total. The fourth-order valence-corrected chi connectivity index (χ4v) is 2.55. The second kappa shape index (κ2) is 8.07. The minimum atomic E-state index is -4.49. The number of halogens is 3. The SMILES string of the molecule is O=C(NCC(F)(F)F)c1ccc(NC(=O)N2CCCC(C(=O)O)C2)cc1. The van der Waals surface area contributed by atoms with E-state index in [9.17, 15) is 27.6 Å². The quantitative estimate of drug-likeness (QED) is 0.754. The number of rotatable bonds is 4. The van der Waals surface area contributed by atoms with Crippen LogP contribution in [0.15, 0.2) is 24.3 Å². The zero-order valence-corrected chi connectivity index (χ0v) is 13.7. The van der Waals surface area contributed by atoms with Crippen molar-refractivity contribution < 1.29 is 32.7 Å². The maximum Gasteiger partial charge on any atom is 0.405 e. The largest absolute Gasteiger partial charge is 0.481 e. The summed E-state index contributed by atoms with van der Waals surface area (Å²) in [6, 6.07) is 4.89. The molecule has 1 heterocycles. The summed E-state index contributed by atoms with van der Waals surface area (Å²) in [7, 11) is 0. The Morgan fingerprint density at radius 2 is 1.85 bits per heavy atom. The third-order valence-corrected chi connectivity index (χ3v) is 3.91. The van der Waals surface area contributed by atoms with Crippen LogP contribution in [0.2, 0.25) is 0 Å². The van der Waals surface area contributed by atoms with Crippen molar-refractivity contribution in [3.05, 3.63) is 29.8 Å². The summed E-state index contributed by atoms with van der Waals surface area (Å²) >= 11 is 0. The highest BCUT2D eigenvalue weighted by atomic mass is 19.4. The maximum atomic E-state index is 12.2. The van der Waals surface area contributed by atoms with Crippen molar-refractivity contribution >= 4 is 23.6 Å². The first-order valence-electron chi connectivity index (χ1n) is 7.89. The van der Waals surface area contributed by atoms with E-state index in [-0.39, 0.29) is 12.1 Å². The van der Waals surface area contributed by atoms with E-state index < -0.39 is 36.5 Å². The standard InChI is InChI=1S/C16H18F3N3O4/c17-16(18,19)9-20-13(23)10-3-5-12(6-4-10)21-15(26)22-7-1-2-11(8-22)14(24)25/h3-6,11H,1-2,7-9H2,(H,20,23)(H,21,26)(H,24,25). The van der Waals surface area contributed by atoms with Gasteiger partial charge in [0.25, 0.3) is 5.91 Å². The van der Waals surface area contributed by atoms with Crippen LogP contribution in [-0.2, 0) is 4.79 Å². The number of benzene rings is 1. The highest BCUT2D eigenvalue weighted by Crippen LogP contribution is 2.18. The van der Waals surface area contributed by atoms with Gasteiger partial charge in [-0.05, 0) is 37.1 Å². The summed E-state index contributed by atoms with van der Waals surface area (Å²) < 4.78 is 36.3. The Kier molecular flexibility index (Phi) is 6.06. The van der Waals surface area contributed by atoms with E-state index in [1.54, 1.807) is 5.32 Å². The fourth-order valence-electron chi connectivity index (χ4n) is 2.55. The van der Waals surface area contributed by atoms with Gasteiger partial charge in [-0.25, -0.2) is 4.79 Å². The van der Waals surface area contributed by atoms with Crippen molar-refractivity contribution in [2.45, 2.75) is 19.0 Å². The molecule has 1 fully saturated rings. The number of nitrogens with one attached hydrogen (secondary N) is 2. The summed E-state index contributed by atoms with van der Waals surface area (Å²) in [4.78, 5) is 36.2. The molecule has 1 saturated heterocycles. The number of urea groups is 1. The van der Waals surface area contributed by atoms with E-state index in [1.807, 2.05) is 0 Å². The Morgan fingerprint density at radius 1 is 1.19 bits per heavy atom. The van der Waals surface area contributed by atoms with Gasteiger partial charge >= 0.3 is 18.2 Å². The Balaban J connectivity index is 1.91. The van der Waals surface area contributed by atoms with E-state index in [1.165, 1.54) is 29.2 Å². The number of amides is 3. The summed E-state index contributed by atoms with van der Waals surface area (Å²) in [5, 5.41) is 13.4. The van der Waals surface area contributed by atoms with Gasteiger partial charge in [0.05, 0.1) is 5.92 Å². The minimum Gasteiger partial charge on any atom is -0.481 e. The summed E-state index contributed by atoms with van der Waals surface area (Å²) in [5.74, 6) is -2.42. The van der Waals surface area contributed by atoms with Gasteiger partial charge in [0.2, 0.25) is 0 Å². The molecule has 0 spiro atoms. The van der Waals surface area contributed by atoms with Crippen LogP contribution in [-0.4, -0.2) is 53.7 Å². The van der Waals surface area contributed by atoms with E-state index in [0.29, 0.717) is 25.1 Å². The molecule has 1 aromatic rings. The Bertz CT molecular complexity index is 676. The number of nitrogens with zero attached hydrogens (tertiary/aromatic N) is 1. The zero-order valence-electron chi connectivity index (χ0n) is 13.7. The Hall–Kier alpha value is -2.78. The number of hydrogen-bond acceptors (Lipinski definition) is 3. The van der Waals surface area contributed by atoms with Crippen LogP contribution in [0.25, 0.3) is 0 Å². The lowest BCUT2D eigenvalue weighted by Gasteiger charge is -2.30. The first kappa shape index (κ1) is 19.5. The second-order valence-electron chi connectivity index (χ2n) is 5.93. The molecular formula is C16H18F3N3O4. The van der Waals surface area contributed by atoms with Crippen molar-refractivity contribution in [3.8, 4) is 0 Å². The molecule has 1 aliphatic rings. The zero-order chi connectivity index (χ0) is 19.3. The predicted octanol–water partition coefficient (Wildman–Crippen LogP) is 2.31. The van der Waals surface area contributed by atoms with Crippen LogP contribution < -0.4 is 10.6 Å². The van der Waals surface area contributed by atoms with Crippen LogP contribution in [0.5, 0.6) is 0 Å². The monoisotopic (exact) mass is 373 g/mol. The van der Waals surface area contributed by atoms with Crippen LogP contribution >= 0.6 is 0 Å². The van der Waals surface area contributed by atoms with Crippen molar-refractivity contribution in [2.24, 2.45) is 5.92 Å². The van der Waals surface area contributed by atoms with Gasteiger partial charge in [-0.1, -0.05) is 0 Å². The summed E-state index contributed by atoms with van der Waals surface area (Å²) in [6.07, 6.45) is -3.39. The lowest BCUT2D eigenvalue weighted by atomic mass is 9.99. The average molecular weight is 373 g/mol. The molecule has 3 amide bonds. The number of aliphatic carboxylic acids is 1. The molecule has 1 atom stereocenters. The average Bonchev–Trinajstić information content (AvgIpc) is 2.59. The first-order valence-corrected chi connectivity index (χ1v) is 7.89. The van der Waals surface area contributed by atoms with Crippen molar-refractivity contribution in [1.29, 1.82) is 0 Å². The number of hydrogen-bond donors (Lipinski definition) is 3. The van der Waals surface area contributed by atoms with Gasteiger partial charge in [-0.2, -0.15) is 13.2 Å². The smallest absolute Gasteiger partial charge is 0.405 e. The topological polar surface area (TPSA) is 98.7 Å². The molecule has 10 heteroatoms. The third-order valence-electron chi connectivity index (χ3n) is 3.91. The van der Waals surface area contributed by atoms with Gasteiger partial charge in [-0.15, -0.1) is 0 Å². The number of alkyl halides is 3. The highest BCUT2D eigenvalue weighted by molar-refractivity contribution is 5.95. The molecule has 2 rings (SSSR count). The molecule has 1 aliphatic heterocycles. The van der Waals surface area contributed by atoms with Gasteiger partial charge in [0.1, 0.15) is 6.54 Å². The Labute approximate surface area is 147 Å². The van der Waals surface area contributed by atoms with Crippen LogP contribution in [0.1, 0.15) is 23.2 Å². The van der Waals surface area contributed by atoms with Crippen LogP contribution in [0.3, 0.4) is 0 Å².